The van der Waals surface area contributed by atoms with Gasteiger partial charge in [0.05, 0.1) is 11.3 Å². The minimum absolute atomic E-state index is 0.427. The molecule has 0 saturated heterocycles. The average Bonchev–Trinajstić information content (AvgIpc) is 3.14. The van der Waals surface area contributed by atoms with Crippen LogP contribution in [0.1, 0.15) is 29.9 Å². The first-order chi connectivity index (χ1) is 11.5. The number of aromatic nitrogens is 2. The highest BCUT2D eigenvalue weighted by atomic mass is 16.5. The molecule has 124 valence electrons. The maximum absolute atomic E-state index is 11.7. The zero-order valence-electron chi connectivity index (χ0n) is 14.1. The largest absolute Gasteiger partial charge is 0.366 e. The van der Waals surface area contributed by atoms with Crippen LogP contribution < -0.4 is 5.73 Å². The van der Waals surface area contributed by atoms with Crippen LogP contribution >= 0.6 is 0 Å². The molecular weight excluding hydrogens is 302 g/mol. The lowest BCUT2D eigenvalue weighted by Crippen LogP contribution is -2.13. The summed E-state index contributed by atoms with van der Waals surface area (Å²) in [4.78, 5) is 11.7. The van der Waals surface area contributed by atoms with Gasteiger partial charge in [0.25, 0.3) is 5.91 Å². The third kappa shape index (κ3) is 2.97. The lowest BCUT2D eigenvalue weighted by Gasteiger charge is -2.12. The number of benzene rings is 1. The van der Waals surface area contributed by atoms with Gasteiger partial charge in [0.15, 0.2) is 5.76 Å². The van der Waals surface area contributed by atoms with E-state index in [9.17, 15) is 4.79 Å². The summed E-state index contributed by atoms with van der Waals surface area (Å²) < 4.78 is 7.58. The summed E-state index contributed by atoms with van der Waals surface area (Å²) in [5.41, 5.74) is 9.40. The normalized spacial score (nSPS) is 11.2. The molecule has 0 saturated carbocycles. The number of carbonyl (C=O) groups is 1. The minimum atomic E-state index is -0.428. The molecule has 0 aliphatic rings. The van der Waals surface area contributed by atoms with Crippen molar-refractivity contribution in [3.05, 3.63) is 53.7 Å². The minimum Gasteiger partial charge on any atom is -0.366 e. The third-order valence-electron chi connectivity index (χ3n) is 4.01. The van der Waals surface area contributed by atoms with Crippen LogP contribution in [0.2, 0.25) is 0 Å². The van der Waals surface area contributed by atoms with Crippen molar-refractivity contribution in [1.82, 2.24) is 9.72 Å². The molecule has 5 nitrogen and oxygen atoms in total. The van der Waals surface area contributed by atoms with E-state index in [0.29, 0.717) is 22.9 Å². The van der Waals surface area contributed by atoms with Gasteiger partial charge in [-0.3, -0.25) is 4.79 Å². The fourth-order valence-corrected chi connectivity index (χ4v) is 2.84. The predicted molar refractivity (Wildman–Crippen MR) is 93.5 cm³/mol. The van der Waals surface area contributed by atoms with Crippen LogP contribution in [0.4, 0.5) is 0 Å². The quantitative estimate of drug-likeness (QED) is 0.774. The smallest absolute Gasteiger partial charge is 0.250 e. The van der Waals surface area contributed by atoms with Gasteiger partial charge in [-0.15, -0.1) is 0 Å². The maximum Gasteiger partial charge on any atom is 0.250 e. The molecule has 24 heavy (non-hydrogen) atoms. The van der Waals surface area contributed by atoms with Crippen molar-refractivity contribution in [2.75, 3.05) is 0 Å². The number of nitrogens with two attached hydrogens (primary N) is 1. The van der Waals surface area contributed by atoms with E-state index in [0.717, 1.165) is 23.5 Å². The van der Waals surface area contributed by atoms with Gasteiger partial charge < -0.3 is 14.8 Å². The molecule has 2 aromatic heterocycles. The Morgan fingerprint density at radius 1 is 1.25 bits per heavy atom. The molecule has 0 unspecified atom stereocenters. The molecule has 0 aliphatic carbocycles. The third-order valence-corrected chi connectivity index (χ3v) is 4.01. The average molecular weight is 323 g/mol. The van der Waals surface area contributed by atoms with Crippen molar-refractivity contribution in [3.8, 4) is 22.7 Å². The van der Waals surface area contributed by atoms with E-state index in [2.05, 4.69) is 23.6 Å². The molecule has 0 radical (unpaired) electrons. The number of primary amides is 1. The SMILES string of the molecule is Cc1c(C(N)=O)cc(-c2cc(-c3ccccc3)on2)n1CC(C)C. The van der Waals surface area contributed by atoms with Crippen LogP contribution in [-0.2, 0) is 6.54 Å². The molecule has 0 bridgehead atoms. The Kier molecular flexibility index (Phi) is 4.25. The van der Waals surface area contributed by atoms with Crippen LogP contribution in [0.15, 0.2) is 47.0 Å². The van der Waals surface area contributed by atoms with E-state index in [1.54, 1.807) is 6.07 Å². The van der Waals surface area contributed by atoms with Crippen LogP contribution in [0.25, 0.3) is 22.7 Å². The molecule has 3 rings (SSSR count). The van der Waals surface area contributed by atoms with Crippen LogP contribution in [0.3, 0.4) is 0 Å². The zero-order chi connectivity index (χ0) is 17.3. The van der Waals surface area contributed by atoms with Gasteiger partial charge in [-0.05, 0) is 18.9 Å². The van der Waals surface area contributed by atoms with Gasteiger partial charge in [0, 0.05) is 23.9 Å². The summed E-state index contributed by atoms with van der Waals surface area (Å²) in [7, 11) is 0. The van der Waals surface area contributed by atoms with Crippen molar-refractivity contribution < 1.29 is 9.32 Å². The first-order valence-electron chi connectivity index (χ1n) is 7.99. The fourth-order valence-electron chi connectivity index (χ4n) is 2.84. The van der Waals surface area contributed by atoms with Crippen molar-refractivity contribution >= 4 is 5.91 Å². The van der Waals surface area contributed by atoms with E-state index in [1.165, 1.54) is 0 Å². The highest BCUT2D eigenvalue weighted by molar-refractivity contribution is 5.95. The summed E-state index contributed by atoms with van der Waals surface area (Å²) in [6, 6.07) is 13.5. The van der Waals surface area contributed by atoms with E-state index in [4.69, 9.17) is 10.3 Å². The Morgan fingerprint density at radius 2 is 1.96 bits per heavy atom. The number of hydrogen-bond acceptors (Lipinski definition) is 3. The Bertz CT molecular complexity index is 860. The van der Waals surface area contributed by atoms with E-state index < -0.39 is 5.91 Å². The Balaban J connectivity index is 2.07. The summed E-state index contributed by atoms with van der Waals surface area (Å²) >= 11 is 0. The zero-order valence-corrected chi connectivity index (χ0v) is 14.1. The number of hydrogen-bond donors (Lipinski definition) is 1. The summed E-state index contributed by atoms with van der Waals surface area (Å²) in [6.07, 6.45) is 0. The highest BCUT2D eigenvalue weighted by Crippen LogP contribution is 2.29. The van der Waals surface area contributed by atoms with Gasteiger partial charge in [-0.2, -0.15) is 0 Å². The second kappa shape index (κ2) is 6.35. The molecule has 0 aliphatic heterocycles. The van der Waals surface area contributed by atoms with E-state index in [1.807, 2.05) is 43.3 Å². The molecule has 0 atom stereocenters. The Morgan fingerprint density at radius 3 is 2.58 bits per heavy atom. The van der Waals surface area contributed by atoms with Gasteiger partial charge in [0.2, 0.25) is 0 Å². The lowest BCUT2D eigenvalue weighted by molar-refractivity contribution is 0.0999. The monoisotopic (exact) mass is 323 g/mol. The summed E-state index contributed by atoms with van der Waals surface area (Å²) in [5.74, 6) is 0.695. The molecule has 2 heterocycles. The van der Waals surface area contributed by atoms with Crippen molar-refractivity contribution in [2.24, 2.45) is 11.7 Å². The van der Waals surface area contributed by atoms with Crippen molar-refractivity contribution in [1.29, 1.82) is 0 Å². The van der Waals surface area contributed by atoms with Crippen LogP contribution in [0.5, 0.6) is 0 Å². The predicted octanol–water partition coefficient (Wildman–Crippen LogP) is 3.87. The van der Waals surface area contributed by atoms with Gasteiger partial charge in [-0.25, -0.2) is 0 Å². The maximum atomic E-state index is 11.7. The van der Waals surface area contributed by atoms with Gasteiger partial charge >= 0.3 is 0 Å². The lowest BCUT2D eigenvalue weighted by atomic mass is 10.1. The molecule has 0 fully saturated rings. The second-order valence-corrected chi connectivity index (χ2v) is 6.34. The fraction of sp³-hybridized carbons (Fsp3) is 0.263. The van der Waals surface area contributed by atoms with E-state index >= 15 is 0 Å². The molecule has 5 heteroatoms. The van der Waals surface area contributed by atoms with Crippen molar-refractivity contribution in [2.45, 2.75) is 27.3 Å². The first-order valence-corrected chi connectivity index (χ1v) is 7.99. The second-order valence-electron chi connectivity index (χ2n) is 6.34. The van der Waals surface area contributed by atoms with Gasteiger partial charge in [0.1, 0.15) is 5.69 Å². The number of carbonyl (C=O) groups excluding carboxylic acids is 1. The van der Waals surface area contributed by atoms with Crippen LogP contribution in [-0.4, -0.2) is 15.6 Å². The van der Waals surface area contributed by atoms with Crippen LogP contribution in [0, 0.1) is 12.8 Å². The number of nitrogens with zero attached hydrogens (tertiary/aromatic N) is 2. The topological polar surface area (TPSA) is 74.1 Å². The van der Waals surface area contributed by atoms with Crippen molar-refractivity contribution in [3.63, 3.8) is 0 Å². The molecule has 3 aromatic rings. The Labute approximate surface area is 141 Å². The summed E-state index contributed by atoms with van der Waals surface area (Å²) in [5, 5.41) is 4.20. The van der Waals surface area contributed by atoms with E-state index in [-0.39, 0.29) is 0 Å². The van der Waals surface area contributed by atoms with Gasteiger partial charge in [-0.1, -0.05) is 49.3 Å². The number of rotatable bonds is 5. The standard InChI is InChI=1S/C19H21N3O2/c1-12(2)11-22-13(3)15(19(20)23)9-17(22)16-10-18(24-21-16)14-7-5-4-6-8-14/h4-10,12H,11H2,1-3H3,(H2,20,23). The first kappa shape index (κ1) is 16.1. The molecule has 1 aromatic carbocycles. The highest BCUT2D eigenvalue weighted by Gasteiger charge is 2.20. The summed E-state index contributed by atoms with van der Waals surface area (Å²) in [6.45, 7) is 6.95. The molecule has 2 N–H and O–H groups in total. The molecular formula is C19H21N3O2. The molecule has 0 spiro atoms. The Hall–Kier alpha value is -2.82. The molecule has 1 amide bonds. The number of amides is 1.